The Kier molecular flexibility index (Phi) is 4.79. The highest BCUT2D eigenvalue weighted by molar-refractivity contribution is 6.32. The van der Waals surface area contributed by atoms with Crippen molar-refractivity contribution in [3.63, 3.8) is 0 Å². The van der Waals surface area contributed by atoms with Gasteiger partial charge in [-0.1, -0.05) is 11.6 Å². The van der Waals surface area contributed by atoms with Gasteiger partial charge in [-0.05, 0) is 19.8 Å². The molecule has 1 fully saturated rings. The van der Waals surface area contributed by atoms with Crippen LogP contribution in [0.2, 0.25) is 5.02 Å². The van der Waals surface area contributed by atoms with Gasteiger partial charge < -0.3 is 15.2 Å². The van der Waals surface area contributed by atoms with Gasteiger partial charge in [0.15, 0.2) is 0 Å². The van der Waals surface area contributed by atoms with Crippen molar-refractivity contribution in [3.05, 3.63) is 21.6 Å². The van der Waals surface area contributed by atoms with E-state index in [-0.39, 0.29) is 29.8 Å². The van der Waals surface area contributed by atoms with Crippen molar-refractivity contribution in [2.75, 3.05) is 18.5 Å². The molecule has 106 valence electrons. The van der Waals surface area contributed by atoms with Crippen LogP contribution in [0.4, 0.5) is 5.69 Å². The second-order valence-corrected chi connectivity index (χ2v) is 4.89. The first-order valence-electron chi connectivity index (χ1n) is 6.40. The molecule has 0 atom stereocenters. The van der Waals surface area contributed by atoms with Crippen LogP contribution < -0.4 is 10.9 Å². The summed E-state index contributed by atoms with van der Waals surface area (Å²) in [7, 11) is 0. The third-order valence-electron chi connectivity index (χ3n) is 3.15. The molecule has 2 N–H and O–H groups in total. The Balaban J connectivity index is 1.99. The van der Waals surface area contributed by atoms with Crippen LogP contribution in [-0.4, -0.2) is 40.2 Å². The van der Waals surface area contributed by atoms with Crippen molar-refractivity contribution in [2.45, 2.75) is 38.5 Å². The first-order valence-corrected chi connectivity index (χ1v) is 6.78. The SMILES string of the molecule is CCOC1CC(Nc2cnn(CCO)c(=O)c2Cl)C1. The summed E-state index contributed by atoms with van der Waals surface area (Å²) in [6, 6.07) is 0.268. The van der Waals surface area contributed by atoms with Crippen LogP contribution in [0.1, 0.15) is 19.8 Å². The highest BCUT2D eigenvalue weighted by atomic mass is 35.5. The third kappa shape index (κ3) is 3.26. The van der Waals surface area contributed by atoms with E-state index in [1.54, 1.807) is 0 Å². The van der Waals surface area contributed by atoms with Gasteiger partial charge >= 0.3 is 0 Å². The molecule has 0 amide bonds. The van der Waals surface area contributed by atoms with Crippen LogP contribution in [0.25, 0.3) is 0 Å². The van der Waals surface area contributed by atoms with Crippen LogP contribution >= 0.6 is 11.6 Å². The molecule has 0 bridgehead atoms. The molecule has 19 heavy (non-hydrogen) atoms. The van der Waals surface area contributed by atoms with Gasteiger partial charge in [-0.3, -0.25) is 4.79 Å². The van der Waals surface area contributed by atoms with E-state index in [2.05, 4.69) is 10.4 Å². The van der Waals surface area contributed by atoms with Crippen molar-refractivity contribution < 1.29 is 9.84 Å². The molecule has 2 rings (SSSR count). The zero-order chi connectivity index (χ0) is 13.8. The van der Waals surface area contributed by atoms with Gasteiger partial charge in [-0.2, -0.15) is 5.10 Å². The number of hydrogen-bond acceptors (Lipinski definition) is 5. The molecule has 1 aliphatic carbocycles. The highest BCUT2D eigenvalue weighted by Gasteiger charge is 2.30. The van der Waals surface area contributed by atoms with E-state index >= 15 is 0 Å². The van der Waals surface area contributed by atoms with E-state index in [4.69, 9.17) is 21.4 Å². The van der Waals surface area contributed by atoms with Gasteiger partial charge in [0.1, 0.15) is 5.02 Å². The van der Waals surface area contributed by atoms with Crippen LogP contribution in [0, 0.1) is 0 Å². The number of ether oxygens (including phenoxy) is 1. The molecule has 1 heterocycles. The second-order valence-electron chi connectivity index (χ2n) is 4.51. The van der Waals surface area contributed by atoms with Crippen LogP contribution in [0.3, 0.4) is 0 Å². The number of rotatable bonds is 6. The minimum Gasteiger partial charge on any atom is -0.394 e. The van der Waals surface area contributed by atoms with Gasteiger partial charge in [0.2, 0.25) is 0 Å². The first-order chi connectivity index (χ1) is 9.15. The lowest BCUT2D eigenvalue weighted by Gasteiger charge is -2.36. The van der Waals surface area contributed by atoms with Crippen molar-refractivity contribution in [1.82, 2.24) is 9.78 Å². The zero-order valence-corrected chi connectivity index (χ0v) is 11.6. The second kappa shape index (κ2) is 6.36. The standard InChI is InChI=1S/C12H18ClN3O3/c1-2-19-9-5-8(6-9)15-10-7-14-16(3-4-17)12(18)11(10)13/h7-9,15,17H,2-6H2,1H3. The molecular weight excluding hydrogens is 270 g/mol. The summed E-state index contributed by atoms with van der Waals surface area (Å²) in [6.07, 6.45) is 3.63. The number of nitrogens with zero attached hydrogens (tertiary/aromatic N) is 2. The predicted molar refractivity (Wildman–Crippen MR) is 72.7 cm³/mol. The average molecular weight is 288 g/mol. The molecule has 7 heteroatoms. The molecule has 1 aliphatic rings. The topological polar surface area (TPSA) is 76.4 Å². The fourth-order valence-corrected chi connectivity index (χ4v) is 2.30. The lowest BCUT2D eigenvalue weighted by Crippen LogP contribution is -2.41. The average Bonchev–Trinajstić information content (AvgIpc) is 2.35. The quantitative estimate of drug-likeness (QED) is 0.812. The van der Waals surface area contributed by atoms with Crippen molar-refractivity contribution in [3.8, 4) is 0 Å². The summed E-state index contributed by atoms with van der Waals surface area (Å²) < 4.78 is 6.62. The van der Waals surface area contributed by atoms with E-state index in [1.165, 1.54) is 6.20 Å². The fourth-order valence-electron chi connectivity index (χ4n) is 2.09. The molecule has 6 nitrogen and oxygen atoms in total. The number of halogens is 1. The molecule has 1 saturated carbocycles. The van der Waals surface area contributed by atoms with Crippen LogP contribution in [0.15, 0.2) is 11.0 Å². The predicted octanol–water partition coefficient (Wildman–Crippen LogP) is 0.868. The van der Waals surface area contributed by atoms with E-state index in [1.807, 2.05) is 6.92 Å². The summed E-state index contributed by atoms with van der Waals surface area (Å²) in [5.74, 6) is 0. The normalized spacial score (nSPS) is 22.1. The van der Waals surface area contributed by atoms with E-state index < -0.39 is 0 Å². The summed E-state index contributed by atoms with van der Waals surface area (Å²) in [5.41, 5.74) is 0.155. The van der Waals surface area contributed by atoms with Gasteiger partial charge in [-0.25, -0.2) is 4.68 Å². The summed E-state index contributed by atoms with van der Waals surface area (Å²) in [6.45, 7) is 2.70. The van der Waals surface area contributed by atoms with E-state index in [0.717, 1.165) is 24.1 Å². The summed E-state index contributed by atoms with van der Waals surface area (Å²) in [4.78, 5) is 11.8. The van der Waals surface area contributed by atoms with Gasteiger partial charge in [0, 0.05) is 12.6 Å². The summed E-state index contributed by atoms with van der Waals surface area (Å²) >= 11 is 6.01. The molecule has 1 aromatic rings. The zero-order valence-electron chi connectivity index (χ0n) is 10.8. The van der Waals surface area contributed by atoms with Gasteiger partial charge in [0.05, 0.1) is 31.1 Å². The lowest BCUT2D eigenvalue weighted by molar-refractivity contribution is 0.00298. The number of hydrogen-bond donors (Lipinski definition) is 2. The Morgan fingerprint density at radius 1 is 1.63 bits per heavy atom. The first kappa shape index (κ1) is 14.3. The van der Waals surface area contributed by atoms with Crippen molar-refractivity contribution in [1.29, 1.82) is 0 Å². The smallest absolute Gasteiger partial charge is 0.287 e. The number of aromatic nitrogens is 2. The maximum absolute atomic E-state index is 11.8. The fraction of sp³-hybridized carbons (Fsp3) is 0.667. The molecular formula is C12H18ClN3O3. The molecule has 1 aromatic heterocycles. The summed E-state index contributed by atoms with van der Waals surface area (Å²) in [5, 5.41) is 16.1. The van der Waals surface area contributed by atoms with Crippen LogP contribution in [-0.2, 0) is 11.3 Å². The van der Waals surface area contributed by atoms with Crippen molar-refractivity contribution in [2.24, 2.45) is 0 Å². The molecule has 0 unspecified atom stereocenters. The Morgan fingerprint density at radius 3 is 3.00 bits per heavy atom. The monoisotopic (exact) mass is 287 g/mol. The molecule has 0 spiro atoms. The number of aliphatic hydroxyl groups excluding tert-OH is 1. The molecule has 0 radical (unpaired) electrons. The third-order valence-corrected chi connectivity index (χ3v) is 3.52. The number of anilines is 1. The molecule has 0 aliphatic heterocycles. The van der Waals surface area contributed by atoms with E-state index in [0.29, 0.717) is 11.8 Å². The van der Waals surface area contributed by atoms with Crippen molar-refractivity contribution >= 4 is 17.3 Å². The minimum absolute atomic E-state index is 0.114. The Hall–Kier alpha value is -1.11. The molecule has 0 aromatic carbocycles. The Labute approximate surface area is 116 Å². The van der Waals surface area contributed by atoms with Gasteiger partial charge in [-0.15, -0.1) is 0 Å². The maximum atomic E-state index is 11.8. The van der Waals surface area contributed by atoms with Crippen LogP contribution in [0.5, 0.6) is 0 Å². The Bertz CT molecular complexity index is 486. The highest BCUT2D eigenvalue weighted by Crippen LogP contribution is 2.28. The maximum Gasteiger partial charge on any atom is 0.287 e. The van der Waals surface area contributed by atoms with E-state index in [9.17, 15) is 4.79 Å². The largest absolute Gasteiger partial charge is 0.394 e. The lowest BCUT2D eigenvalue weighted by atomic mass is 9.89. The number of nitrogens with one attached hydrogen (secondary N) is 1. The van der Waals surface area contributed by atoms with Gasteiger partial charge in [0.25, 0.3) is 5.56 Å². The molecule has 0 saturated heterocycles. The minimum atomic E-state index is -0.388. The number of aliphatic hydroxyl groups is 1. The Morgan fingerprint density at radius 2 is 2.37 bits per heavy atom.